The zero-order valence-corrected chi connectivity index (χ0v) is 10.2. The third kappa shape index (κ3) is 8.44. The van der Waals surface area contributed by atoms with Gasteiger partial charge in [0.2, 0.25) is 0 Å². The molecule has 0 aliphatic heterocycles. The lowest BCUT2D eigenvalue weighted by molar-refractivity contribution is -0.145. The minimum atomic E-state index is -4.10. The molecular weight excluding hydrogens is 231 g/mol. The molecule has 2 nitrogen and oxygen atoms in total. The predicted octanol–water partition coefficient (Wildman–Crippen LogP) is 3.13. The second-order valence-corrected chi connectivity index (χ2v) is 4.69. The van der Waals surface area contributed by atoms with Crippen LogP contribution in [0.1, 0.15) is 38.5 Å². The minimum Gasteiger partial charge on any atom is -0.380 e. The standard InChI is InChI=1S/C12H22F3NO/c13-12(14,15)6-8-17-9-7-16-10-11-4-2-1-3-5-11/h11,16H,1-10H2. The molecule has 5 heteroatoms. The molecule has 0 aromatic heterocycles. The van der Waals surface area contributed by atoms with Gasteiger partial charge in [-0.25, -0.2) is 0 Å². The largest absolute Gasteiger partial charge is 0.391 e. The van der Waals surface area contributed by atoms with Gasteiger partial charge >= 0.3 is 6.18 Å². The van der Waals surface area contributed by atoms with Gasteiger partial charge in [0.15, 0.2) is 0 Å². The van der Waals surface area contributed by atoms with Crippen molar-refractivity contribution in [3.8, 4) is 0 Å². The highest BCUT2D eigenvalue weighted by Gasteiger charge is 2.26. The van der Waals surface area contributed by atoms with E-state index in [0.29, 0.717) is 13.2 Å². The monoisotopic (exact) mass is 253 g/mol. The molecule has 0 aromatic carbocycles. The van der Waals surface area contributed by atoms with E-state index in [9.17, 15) is 13.2 Å². The average Bonchev–Trinajstić information content (AvgIpc) is 2.28. The topological polar surface area (TPSA) is 21.3 Å². The van der Waals surface area contributed by atoms with Gasteiger partial charge in [-0.15, -0.1) is 0 Å². The van der Waals surface area contributed by atoms with Gasteiger partial charge in [0.05, 0.1) is 19.6 Å². The number of hydrogen-bond acceptors (Lipinski definition) is 2. The van der Waals surface area contributed by atoms with E-state index >= 15 is 0 Å². The number of ether oxygens (including phenoxy) is 1. The van der Waals surface area contributed by atoms with Crippen molar-refractivity contribution in [2.75, 3.05) is 26.3 Å². The van der Waals surface area contributed by atoms with Gasteiger partial charge < -0.3 is 10.1 Å². The molecule has 102 valence electrons. The van der Waals surface area contributed by atoms with Gasteiger partial charge in [-0.05, 0) is 25.3 Å². The summed E-state index contributed by atoms with van der Waals surface area (Å²) < 4.78 is 40.3. The first-order valence-electron chi connectivity index (χ1n) is 6.43. The van der Waals surface area contributed by atoms with E-state index in [1.165, 1.54) is 32.1 Å². The fourth-order valence-electron chi connectivity index (χ4n) is 2.13. The summed E-state index contributed by atoms with van der Waals surface area (Å²) in [5.74, 6) is 0.749. The lowest BCUT2D eigenvalue weighted by Crippen LogP contribution is -2.27. The Morgan fingerprint density at radius 1 is 1.06 bits per heavy atom. The molecular formula is C12H22F3NO. The smallest absolute Gasteiger partial charge is 0.380 e. The Labute approximate surface area is 101 Å². The van der Waals surface area contributed by atoms with Crippen molar-refractivity contribution in [3.63, 3.8) is 0 Å². The van der Waals surface area contributed by atoms with Gasteiger partial charge in [0.25, 0.3) is 0 Å². The molecule has 1 fully saturated rings. The van der Waals surface area contributed by atoms with Crippen LogP contribution in [0, 0.1) is 5.92 Å². The Balaban J connectivity index is 1.84. The van der Waals surface area contributed by atoms with E-state index in [-0.39, 0.29) is 6.61 Å². The van der Waals surface area contributed by atoms with Crippen LogP contribution >= 0.6 is 0 Å². The molecule has 1 saturated carbocycles. The normalized spacial score (nSPS) is 18.5. The second kappa shape index (κ2) is 7.93. The molecule has 0 saturated heterocycles. The highest BCUT2D eigenvalue weighted by atomic mass is 19.4. The van der Waals surface area contributed by atoms with E-state index in [1.54, 1.807) is 0 Å². The Hall–Kier alpha value is -0.290. The first-order valence-corrected chi connectivity index (χ1v) is 6.43. The molecule has 0 unspecified atom stereocenters. The molecule has 0 aromatic rings. The van der Waals surface area contributed by atoms with Crippen molar-refractivity contribution in [1.29, 1.82) is 0 Å². The van der Waals surface area contributed by atoms with Crippen LogP contribution in [-0.4, -0.2) is 32.5 Å². The summed E-state index contributed by atoms with van der Waals surface area (Å²) in [5.41, 5.74) is 0. The highest BCUT2D eigenvalue weighted by Crippen LogP contribution is 2.22. The van der Waals surface area contributed by atoms with Crippen molar-refractivity contribution >= 4 is 0 Å². The number of hydrogen-bond donors (Lipinski definition) is 1. The molecule has 1 N–H and O–H groups in total. The maximum atomic E-state index is 11.8. The fourth-order valence-corrected chi connectivity index (χ4v) is 2.13. The summed E-state index contributed by atoms with van der Waals surface area (Å²) in [6.07, 6.45) is 1.58. The molecule has 0 bridgehead atoms. The van der Waals surface area contributed by atoms with Crippen molar-refractivity contribution in [2.24, 2.45) is 5.92 Å². The first kappa shape index (κ1) is 14.8. The minimum absolute atomic E-state index is 0.228. The third-order valence-corrected chi connectivity index (χ3v) is 3.11. The molecule has 0 atom stereocenters. The molecule has 0 heterocycles. The zero-order chi connectivity index (χ0) is 12.6. The summed E-state index contributed by atoms with van der Waals surface area (Å²) in [7, 11) is 0. The van der Waals surface area contributed by atoms with Crippen molar-refractivity contribution in [3.05, 3.63) is 0 Å². The lowest BCUT2D eigenvalue weighted by Gasteiger charge is -2.21. The molecule has 0 radical (unpaired) electrons. The van der Waals surface area contributed by atoms with Crippen LogP contribution in [0.5, 0.6) is 0 Å². The van der Waals surface area contributed by atoms with Gasteiger partial charge in [0, 0.05) is 6.54 Å². The maximum absolute atomic E-state index is 11.8. The predicted molar refractivity (Wildman–Crippen MR) is 60.9 cm³/mol. The molecule has 1 aliphatic rings. The van der Waals surface area contributed by atoms with E-state index < -0.39 is 12.6 Å². The van der Waals surface area contributed by atoms with Crippen molar-refractivity contribution in [2.45, 2.75) is 44.7 Å². The third-order valence-electron chi connectivity index (χ3n) is 3.11. The highest BCUT2D eigenvalue weighted by molar-refractivity contribution is 4.67. The first-order chi connectivity index (χ1) is 8.08. The molecule has 17 heavy (non-hydrogen) atoms. The van der Waals surface area contributed by atoms with E-state index in [0.717, 1.165) is 12.5 Å². The summed E-state index contributed by atoms with van der Waals surface area (Å²) in [4.78, 5) is 0. The molecule has 0 spiro atoms. The van der Waals surface area contributed by atoms with Crippen molar-refractivity contribution < 1.29 is 17.9 Å². The Morgan fingerprint density at radius 3 is 2.41 bits per heavy atom. The van der Waals surface area contributed by atoms with Crippen LogP contribution in [0.15, 0.2) is 0 Å². The maximum Gasteiger partial charge on any atom is 0.391 e. The van der Waals surface area contributed by atoms with Gasteiger partial charge in [0.1, 0.15) is 0 Å². The van der Waals surface area contributed by atoms with E-state index in [2.05, 4.69) is 5.32 Å². The van der Waals surface area contributed by atoms with Crippen LogP contribution in [-0.2, 0) is 4.74 Å². The SMILES string of the molecule is FC(F)(F)CCOCCNCC1CCCCC1. The fraction of sp³-hybridized carbons (Fsp3) is 1.00. The summed E-state index contributed by atoms with van der Waals surface area (Å²) in [6.45, 7) is 1.76. The van der Waals surface area contributed by atoms with Crippen LogP contribution in [0.2, 0.25) is 0 Å². The summed E-state index contributed by atoms with van der Waals surface area (Å²) >= 11 is 0. The number of alkyl halides is 3. The lowest BCUT2D eigenvalue weighted by atomic mass is 9.89. The van der Waals surface area contributed by atoms with Crippen LogP contribution in [0.3, 0.4) is 0 Å². The van der Waals surface area contributed by atoms with Crippen molar-refractivity contribution in [1.82, 2.24) is 5.32 Å². The molecule has 1 rings (SSSR count). The van der Waals surface area contributed by atoms with Gasteiger partial charge in [-0.2, -0.15) is 13.2 Å². The Morgan fingerprint density at radius 2 is 1.76 bits per heavy atom. The molecule has 1 aliphatic carbocycles. The Bertz CT molecular complexity index is 191. The number of rotatable bonds is 7. The Kier molecular flexibility index (Phi) is 6.89. The van der Waals surface area contributed by atoms with Gasteiger partial charge in [-0.3, -0.25) is 0 Å². The van der Waals surface area contributed by atoms with E-state index in [4.69, 9.17) is 4.74 Å². The van der Waals surface area contributed by atoms with E-state index in [1.807, 2.05) is 0 Å². The zero-order valence-electron chi connectivity index (χ0n) is 10.2. The summed E-state index contributed by atoms with van der Waals surface area (Å²) in [6, 6.07) is 0. The van der Waals surface area contributed by atoms with Crippen LogP contribution in [0.4, 0.5) is 13.2 Å². The van der Waals surface area contributed by atoms with Crippen LogP contribution in [0.25, 0.3) is 0 Å². The number of nitrogens with one attached hydrogen (secondary N) is 1. The quantitative estimate of drug-likeness (QED) is 0.704. The summed E-state index contributed by atoms with van der Waals surface area (Å²) in [5, 5.41) is 3.25. The molecule has 0 amide bonds. The van der Waals surface area contributed by atoms with Crippen LogP contribution < -0.4 is 5.32 Å². The van der Waals surface area contributed by atoms with Gasteiger partial charge in [-0.1, -0.05) is 19.3 Å². The second-order valence-electron chi connectivity index (χ2n) is 4.69. The average molecular weight is 253 g/mol. The number of halogens is 3.